The summed E-state index contributed by atoms with van der Waals surface area (Å²) in [6.07, 6.45) is 10.6. The smallest absolute Gasteiger partial charge is 0.343 e. The van der Waals surface area contributed by atoms with Gasteiger partial charge < -0.3 is 9.15 Å². The number of carbonyl (C=O) groups excluding carboxylic acids is 1. The van der Waals surface area contributed by atoms with Crippen LogP contribution >= 0.6 is 11.8 Å². The summed E-state index contributed by atoms with van der Waals surface area (Å²) >= 11 is 1.83. The highest BCUT2D eigenvalue weighted by Crippen LogP contribution is 2.23. The van der Waals surface area contributed by atoms with Crippen molar-refractivity contribution in [2.75, 3.05) is 5.75 Å². The molecule has 0 amide bonds. The van der Waals surface area contributed by atoms with Crippen LogP contribution in [0.5, 0.6) is 5.75 Å². The minimum absolute atomic E-state index is 0.405. The molecule has 164 valence electrons. The molecule has 0 atom stereocenters. The maximum atomic E-state index is 12.4. The largest absolute Gasteiger partial charge is 0.423 e. The van der Waals surface area contributed by atoms with Gasteiger partial charge in [-0.1, -0.05) is 51.9 Å². The highest BCUT2D eigenvalue weighted by Gasteiger charge is 2.10. The lowest BCUT2D eigenvalue weighted by atomic mass is 10.1. The fourth-order valence-corrected chi connectivity index (χ4v) is 4.31. The van der Waals surface area contributed by atoms with Crippen LogP contribution in [0.25, 0.3) is 11.0 Å². The second kappa shape index (κ2) is 12.4. The third-order valence-electron chi connectivity index (χ3n) is 5.16. The molecule has 0 aliphatic rings. The van der Waals surface area contributed by atoms with Gasteiger partial charge in [-0.05, 0) is 60.7 Å². The quantitative estimate of drug-likeness (QED) is 0.0980. The Balaban J connectivity index is 1.41. The molecule has 0 saturated carbocycles. The number of esters is 1. The van der Waals surface area contributed by atoms with Crippen molar-refractivity contribution in [3.05, 3.63) is 70.6 Å². The number of unbranched alkanes of at least 4 members (excludes halogenated alkanes) is 7. The molecule has 3 rings (SSSR count). The molecule has 31 heavy (non-hydrogen) atoms. The topological polar surface area (TPSA) is 56.5 Å². The van der Waals surface area contributed by atoms with Gasteiger partial charge in [0.1, 0.15) is 11.3 Å². The molecule has 3 aromatic rings. The maximum absolute atomic E-state index is 12.4. The first-order valence-electron chi connectivity index (χ1n) is 11.1. The number of thioether (sulfide) groups is 1. The molecule has 0 bridgehead atoms. The fraction of sp³-hybridized carbons (Fsp3) is 0.385. The molecule has 0 fully saturated rings. The van der Waals surface area contributed by atoms with Crippen LogP contribution < -0.4 is 10.4 Å². The molecule has 0 aliphatic carbocycles. The minimum Gasteiger partial charge on any atom is -0.423 e. The Morgan fingerprint density at radius 3 is 2.32 bits per heavy atom. The summed E-state index contributed by atoms with van der Waals surface area (Å²) in [6, 6.07) is 15.5. The van der Waals surface area contributed by atoms with Crippen molar-refractivity contribution in [1.82, 2.24) is 0 Å². The molecule has 0 aliphatic heterocycles. The van der Waals surface area contributed by atoms with Crippen LogP contribution in [0, 0.1) is 0 Å². The summed E-state index contributed by atoms with van der Waals surface area (Å²) in [4.78, 5) is 24.9. The molecular formula is C26H30O4S. The number of ether oxygens (including phenoxy) is 1. The first-order chi connectivity index (χ1) is 15.2. The van der Waals surface area contributed by atoms with Crippen LogP contribution in [0.1, 0.15) is 68.6 Å². The molecule has 4 nitrogen and oxygen atoms in total. The number of rotatable bonds is 12. The normalized spacial score (nSPS) is 11.0. The number of fused-ring (bicyclic) bond motifs is 1. The highest BCUT2D eigenvalue weighted by atomic mass is 32.2. The third kappa shape index (κ3) is 7.59. The van der Waals surface area contributed by atoms with Gasteiger partial charge in [0.05, 0.1) is 5.56 Å². The predicted octanol–water partition coefficient (Wildman–Crippen LogP) is 7.25. The van der Waals surface area contributed by atoms with E-state index >= 15 is 0 Å². The molecule has 0 saturated heterocycles. The summed E-state index contributed by atoms with van der Waals surface area (Å²) < 4.78 is 10.6. The van der Waals surface area contributed by atoms with Gasteiger partial charge >= 0.3 is 11.6 Å². The monoisotopic (exact) mass is 438 g/mol. The van der Waals surface area contributed by atoms with Crippen LogP contribution in [0.4, 0.5) is 0 Å². The van der Waals surface area contributed by atoms with Crippen LogP contribution in [-0.2, 0) is 0 Å². The highest BCUT2D eigenvalue weighted by molar-refractivity contribution is 7.99. The van der Waals surface area contributed by atoms with Crippen molar-refractivity contribution in [3.8, 4) is 5.75 Å². The SMILES string of the molecule is CCCCCCCCCCSc1ccc(C(=O)Oc2ccc3oc(=O)ccc3c2)cc1. The van der Waals surface area contributed by atoms with Gasteiger partial charge in [-0.15, -0.1) is 11.8 Å². The Hall–Kier alpha value is -2.53. The molecule has 1 heterocycles. The van der Waals surface area contributed by atoms with Crippen molar-refractivity contribution in [2.45, 2.75) is 63.2 Å². The van der Waals surface area contributed by atoms with E-state index < -0.39 is 11.6 Å². The number of hydrogen-bond acceptors (Lipinski definition) is 5. The van der Waals surface area contributed by atoms with Gasteiger partial charge in [0.2, 0.25) is 0 Å². The van der Waals surface area contributed by atoms with Crippen molar-refractivity contribution >= 4 is 28.7 Å². The Morgan fingerprint density at radius 1 is 0.871 bits per heavy atom. The van der Waals surface area contributed by atoms with Crippen molar-refractivity contribution in [2.24, 2.45) is 0 Å². The van der Waals surface area contributed by atoms with E-state index in [1.807, 2.05) is 23.9 Å². The van der Waals surface area contributed by atoms with Crippen molar-refractivity contribution in [3.63, 3.8) is 0 Å². The van der Waals surface area contributed by atoms with Crippen LogP contribution in [0.3, 0.4) is 0 Å². The summed E-state index contributed by atoms with van der Waals surface area (Å²) in [7, 11) is 0. The lowest BCUT2D eigenvalue weighted by Gasteiger charge is -2.06. The van der Waals surface area contributed by atoms with E-state index in [2.05, 4.69) is 6.92 Å². The minimum atomic E-state index is -0.406. The van der Waals surface area contributed by atoms with E-state index in [9.17, 15) is 9.59 Å². The summed E-state index contributed by atoms with van der Waals surface area (Å²) in [5.41, 5.74) is 0.568. The Labute approximate surface area is 188 Å². The number of carbonyl (C=O) groups is 1. The number of benzene rings is 2. The van der Waals surface area contributed by atoms with Crippen LogP contribution in [0.15, 0.2) is 68.7 Å². The fourth-order valence-electron chi connectivity index (χ4n) is 3.39. The Morgan fingerprint density at radius 2 is 1.58 bits per heavy atom. The molecular weight excluding hydrogens is 408 g/mol. The van der Waals surface area contributed by atoms with Crippen LogP contribution in [0.2, 0.25) is 0 Å². The molecule has 2 aromatic carbocycles. The zero-order valence-electron chi connectivity index (χ0n) is 18.1. The molecule has 0 N–H and O–H groups in total. The van der Waals surface area contributed by atoms with Crippen molar-refractivity contribution in [1.29, 1.82) is 0 Å². The van der Waals surface area contributed by atoms with Gasteiger partial charge in [0.25, 0.3) is 0 Å². The second-order valence-electron chi connectivity index (χ2n) is 7.69. The van der Waals surface area contributed by atoms with E-state index in [0.29, 0.717) is 22.3 Å². The molecule has 5 heteroatoms. The maximum Gasteiger partial charge on any atom is 0.343 e. The first kappa shape index (κ1) is 23.1. The van der Waals surface area contributed by atoms with Gasteiger partial charge in [0, 0.05) is 16.3 Å². The lowest BCUT2D eigenvalue weighted by Crippen LogP contribution is -2.08. The Kier molecular flexibility index (Phi) is 9.22. The Bertz CT molecular complexity index is 1020. The van der Waals surface area contributed by atoms with E-state index in [4.69, 9.17) is 9.15 Å². The molecule has 0 spiro atoms. The molecule has 0 radical (unpaired) electrons. The van der Waals surface area contributed by atoms with Crippen LogP contribution in [-0.4, -0.2) is 11.7 Å². The summed E-state index contributed by atoms with van der Waals surface area (Å²) in [6.45, 7) is 2.25. The summed E-state index contributed by atoms with van der Waals surface area (Å²) in [5.74, 6) is 1.11. The predicted molar refractivity (Wildman–Crippen MR) is 127 cm³/mol. The average molecular weight is 439 g/mol. The third-order valence-corrected chi connectivity index (χ3v) is 6.26. The van der Waals surface area contributed by atoms with E-state index in [1.54, 1.807) is 36.4 Å². The standard InChI is InChI=1S/C26H30O4S/c1-2-3-4-5-6-7-8-9-18-31-23-14-10-20(11-15-23)26(28)29-22-13-16-24-21(19-22)12-17-25(27)30-24/h10-17,19H,2-9,18H2,1H3. The first-order valence-corrected chi connectivity index (χ1v) is 12.1. The van der Waals surface area contributed by atoms with Crippen molar-refractivity contribution < 1.29 is 13.9 Å². The van der Waals surface area contributed by atoms with Gasteiger partial charge in [-0.3, -0.25) is 0 Å². The molecule has 1 aromatic heterocycles. The van der Waals surface area contributed by atoms with Gasteiger partial charge in [-0.25, -0.2) is 9.59 Å². The van der Waals surface area contributed by atoms with E-state index in [0.717, 1.165) is 5.75 Å². The lowest BCUT2D eigenvalue weighted by molar-refractivity contribution is 0.0735. The second-order valence-corrected chi connectivity index (χ2v) is 8.86. The van der Waals surface area contributed by atoms with Gasteiger partial charge in [-0.2, -0.15) is 0 Å². The van der Waals surface area contributed by atoms with E-state index in [-0.39, 0.29) is 0 Å². The summed E-state index contributed by atoms with van der Waals surface area (Å²) in [5, 5.41) is 0.706. The molecule has 0 unspecified atom stereocenters. The van der Waals surface area contributed by atoms with Gasteiger partial charge in [0.15, 0.2) is 0 Å². The zero-order chi connectivity index (χ0) is 21.9. The number of hydrogen-bond donors (Lipinski definition) is 0. The zero-order valence-corrected chi connectivity index (χ0v) is 18.9. The van der Waals surface area contributed by atoms with E-state index in [1.165, 1.54) is 62.3 Å². The average Bonchev–Trinajstić information content (AvgIpc) is 2.78.